The number of nitrogens with one attached hydrogen (secondary N) is 1. The summed E-state index contributed by atoms with van der Waals surface area (Å²) in [4.78, 5) is 15.7. The molecule has 0 atom stereocenters. The average molecular weight is 377 g/mol. The Morgan fingerprint density at radius 3 is 2.88 bits per heavy atom. The largest absolute Gasteiger partial charge is 0.493 e. The van der Waals surface area contributed by atoms with Crippen molar-refractivity contribution in [2.75, 3.05) is 19.1 Å². The van der Waals surface area contributed by atoms with Crippen LogP contribution in [0.3, 0.4) is 0 Å². The Morgan fingerprint density at radius 1 is 1.38 bits per heavy atom. The van der Waals surface area contributed by atoms with Crippen molar-refractivity contribution in [3.63, 3.8) is 0 Å². The molecule has 26 heavy (non-hydrogen) atoms. The van der Waals surface area contributed by atoms with Crippen LogP contribution < -0.4 is 14.9 Å². The van der Waals surface area contributed by atoms with Crippen LogP contribution in [-0.4, -0.2) is 37.0 Å². The summed E-state index contributed by atoms with van der Waals surface area (Å²) in [5.41, 5.74) is 4.37. The second kappa shape index (κ2) is 9.76. The van der Waals surface area contributed by atoms with Gasteiger partial charge < -0.3 is 14.2 Å². The van der Waals surface area contributed by atoms with E-state index in [1.165, 1.54) is 11.3 Å². The molecule has 1 N–H and O–H groups in total. The maximum absolute atomic E-state index is 11.5. The first-order valence-electron chi connectivity index (χ1n) is 8.25. The molecule has 0 radical (unpaired) electrons. The predicted octanol–water partition coefficient (Wildman–Crippen LogP) is 3.49. The highest BCUT2D eigenvalue weighted by Crippen LogP contribution is 2.28. The van der Waals surface area contributed by atoms with Crippen molar-refractivity contribution in [1.82, 2.24) is 4.98 Å². The van der Waals surface area contributed by atoms with Gasteiger partial charge in [-0.25, -0.2) is 4.98 Å². The minimum Gasteiger partial charge on any atom is -0.493 e. The van der Waals surface area contributed by atoms with E-state index in [2.05, 4.69) is 15.5 Å². The van der Waals surface area contributed by atoms with E-state index in [4.69, 9.17) is 14.2 Å². The monoisotopic (exact) mass is 377 g/mol. The Labute approximate surface area is 157 Å². The fraction of sp³-hybridized carbons (Fsp3) is 0.389. The molecule has 0 spiro atoms. The van der Waals surface area contributed by atoms with E-state index in [-0.39, 0.29) is 18.5 Å². The standard InChI is InChI=1S/C18H23N3O4S/c1-5-24-17(22)9-14-11-26-18(20-14)21-19-10-13-6-7-15(23-4)16(8-13)25-12(2)3/h6-8,10-12H,5,9H2,1-4H3,(H,20,21)/b19-10-. The molecular formula is C18H23N3O4S. The van der Waals surface area contributed by atoms with Crippen molar-refractivity contribution in [3.05, 3.63) is 34.8 Å². The van der Waals surface area contributed by atoms with Crippen LogP contribution in [0.15, 0.2) is 28.7 Å². The van der Waals surface area contributed by atoms with Gasteiger partial charge >= 0.3 is 5.97 Å². The molecule has 0 aliphatic rings. The van der Waals surface area contributed by atoms with Crippen molar-refractivity contribution in [3.8, 4) is 11.5 Å². The molecule has 0 aliphatic carbocycles. The summed E-state index contributed by atoms with van der Waals surface area (Å²) >= 11 is 1.37. The van der Waals surface area contributed by atoms with Gasteiger partial charge in [0.25, 0.3) is 0 Å². The minimum atomic E-state index is -0.288. The van der Waals surface area contributed by atoms with Crippen LogP contribution in [0, 0.1) is 0 Å². The second-order valence-electron chi connectivity index (χ2n) is 5.57. The fourth-order valence-corrected chi connectivity index (χ4v) is 2.74. The molecule has 1 aromatic carbocycles. The fourth-order valence-electron chi connectivity index (χ4n) is 2.08. The number of thiazole rings is 1. The lowest BCUT2D eigenvalue weighted by molar-refractivity contribution is -0.142. The average Bonchev–Trinajstić information content (AvgIpc) is 3.02. The molecule has 0 amide bonds. The number of ether oxygens (including phenoxy) is 3. The maximum atomic E-state index is 11.5. The van der Waals surface area contributed by atoms with Crippen LogP contribution in [0.4, 0.5) is 5.13 Å². The quantitative estimate of drug-likeness (QED) is 0.409. The maximum Gasteiger partial charge on any atom is 0.311 e. The third-order valence-corrected chi connectivity index (χ3v) is 3.90. The number of aromatic nitrogens is 1. The number of carbonyl (C=O) groups is 1. The number of hydrogen-bond donors (Lipinski definition) is 1. The van der Waals surface area contributed by atoms with E-state index < -0.39 is 0 Å². The van der Waals surface area contributed by atoms with E-state index in [9.17, 15) is 4.79 Å². The van der Waals surface area contributed by atoms with Crippen LogP contribution >= 0.6 is 11.3 Å². The molecule has 0 saturated heterocycles. The van der Waals surface area contributed by atoms with Crippen LogP contribution in [0.25, 0.3) is 0 Å². The molecule has 0 fully saturated rings. The molecule has 2 aromatic rings. The van der Waals surface area contributed by atoms with E-state index in [0.717, 1.165) is 5.56 Å². The lowest BCUT2D eigenvalue weighted by atomic mass is 10.2. The Morgan fingerprint density at radius 2 is 2.19 bits per heavy atom. The van der Waals surface area contributed by atoms with Gasteiger partial charge in [-0.05, 0) is 44.5 Å². The van der Waals surface area contributed by atoms with Gasteiger partial charge in [0.1, 0.15) is 0 Å². The molecule has 1 aromatic heterocycles. The zero-order chi connectivity index (χ0) is 18.9. The number of esters is 1. The van der Waals surface area contributed by atoms with Gasteiger partial charge in [-0.15, -0.1) is 11.3 Å². The summed E-state index contributed by atoms with van der Waals surface area (Å²) in [6.45, 7) is 6.05. The lowest BCUT2D eigenvalue weighted by Gasteiger charge is -2.13. The summed E-state index contributed by atoms with van der Waals surface area (Å²) in [5.74, 6) is 1.05. The van der Waals surface area contributed by atoms with Gasteiger partial charge in [0.05, 0.1) is 38.1 Å². The highest BCUT2D eigenvalue weighted by molar-refractivity contribution is 7.13. The zero-order valence-electron chi connectivity index (χ0n) is 15.3. The number of hydrogen-bond acceptors (Lipinski definition) is 8. The van der Waals surface area contributed by atoms with Gasteiger partial charge in [-0.3, -0.25) is 10.2 Å². The van der Waals surface area contributed by atoms with Gasteiger partial charge in [0, 0.05) is 5.38 Å². The summed E-state index contributed by atoms with van der Waals surface area (Å²) in [7, 11) is 1.61. The topological polar surface area (TPSA) is 82.0 Å². The van der Waals surface area contributed by atoms with Crippen molar-refractivity contribution < 1.29 is 19.0 Å². The SMILES string of the molecule is CCOC(=O)Cc1csc(N/N=C\c2ccc(OC)c(OC(C)C)c2)n1. The molecule has 1 heterocycles. The Kier molecular flexibility index (Phi) is 7.40. The number of carbonyl (C=O) groups excluding carboxylic acids is 1. The van der Waals surface area contributed by atoms with Crippen molar-refractivity contribution in [2.45, 2.75) is 33.3 Å². The number of nitrogens with zero attached hydrogens (tertiary/aromatic N) is 2. The number of benzene rings is 1. The van der Waals surface area contributed by atoms with Crippen LogP contribution in [0.5, 0.6) is 11.5 Å². The molecule has 0 saturated carbocycles. The van der Waals surface area contributed by atoms with Crippen molar-refractivity contribution in [2.24, 2.45) is 5.10 Å². The first-order chi connectivity index (χ1) is 12.5. The van der Waals surface area contributed by atoms with Crippen molar-refractivity contribution in [1.29, 1.82) is 0 Å². The second-order valence-corrected chi connectivity index (χ2v) is 6.43. The van der Waals surface area contributed by atoms with Gasteiger partial charge in [0.2, 0.25) is 5.13 Å². The summed E-state index contributed by atoms with van der Waals surface area (Å²) in [6.07, 6.45) is 1.87. The first kappa shape index (κ1) is 19.7. The summed E-state index contributed by atoms with van der Waals surface area (Å²) in [5, 5.41) is 6.58. The van der Waals surface area contributed by atoms with E-state index in [0.29, 0.717) is 28.9 Å². The Hall–Kier alpha value is -2.61. The van der Waals surface area contributed by atoms with E-state index in [1.54, 1.807) is 25.6 Å². The predicted molar refractivity (Wildman–Crippen MR) is 102 cm³/mol. The minimum absolute atomic E-state index is 0.0438. The highest BCUT2D eigenvalue weighted by atomic mass is 32.1. The van der Waals surface area contributed by atoms with Crippen LogP contribution in [0.2, 0.25) is 0 Å². The van der Waals surface area contributed by atoms with E-state index in [1.807, 2.05) is 32.0 Å². The third kappa shape index (κ3) is 6.03. The number of hydrazone groups is 1. The zero-order valence-corrected chi connectivity index (χ0v) is 16.1. The lowest BCUT2D eigenvalue weighted by Crippen LogP contribution is -2.07. The molecule has 0 bridgehead atoms. The molecule has 0 unspecified atom stereocenters. The Bertz CT molecular complexity index is 759. The molecule has 2 rings (SSSR count). The van der Waals surface area contributed by atoms with Gasteiger partial charge in [0.15, 0.2) is 11.5 Å². The van der Waals surface area contributed by atoms with Gasteiger partial charge in [-0.1, -0.05) is 0 Å². The molecule has 8 heteroatoms. The normalized spacial score (nSPS) is 11.0. The molecule has 140 valence electrons. The number of rotatable bonds is 9. The molecule has 0 aliphatic heterocycles. The van der Waals surface area contributed by atoms with Gasteiger partial charge in [-0.2, -0.15) is 5.10 Å². The van der Waals surface area contributed by atoms with Crippen molar-refractivity contribution >= 4 is 28.7 Å². The molecular weight excluding hydrogens is 354 g/mol. The van der Waals surface area contributed by atoms with Crippen LogP contribution in [0.1, 0.15) is 32.0 Å². The third-order valence-electron chi connectivity index (χ3n) is 3.11. The summed E-state index contributed by atoms with van der Waals surface area (Å²) in [6, 6.07) is 5.57. The first-order valence-corrected chi connectivity index (χ1v) is 9.13. The smallest absolute Gasteiger partial charge is 0.311 e. The number of anilines is 1. The summed E-state index contributed by atoms with van der Waals surface area (Å²) < 4.78 is 15.9. The molecule has 7 nitrogen and oxygen atoms in total. The van der Waals surface area contributed by atoms with E-state index >= 15 is 0 Å². The number of methoxy groups -OCH3 is 1. The Balaban J connectivity index is 1.98. The highest BCUT2D eigenvalue weighted by Gasteiger charge is 2.09. The van der Waals surface area contributed by atoms with Crippen LogP contribution in [-0.2, 0) is 16.0 Å².